The van der Waals surface area contributed by atoms with E-state index in [1.165, 1.54) is 29.4 Å². The first-order valence-corrected chi connectivity index (χ1v) is 7.05. The molecule has 1 heteroatoms. The summed E-state index contributed by atoms with van der Waals surface area (Å²) >= 11 is 0. The third kappa shape index (κ3) is 2.12. The summed E-state index contributed by atoms with van der Waals surface area (Å²) in [5.41, 5.74) is 6.13. The molecular weight excluding hydrogens is 242 g/mol. The number of nitrogens with zero attached hydrogens (tertiary/aromatic N) is 1. The molecule has 96 valence electrons. The molecule has 0 aliphatic heterocycles. The Hall–Kier alpha value is -2.41. The molecule has 1 fully saturated rings. The van der Waals surface area contributed by atoms with Crippen LogP contribution in [0.25, 0.3) is 28.2 Å². The van der Waals surface area contributed by atoms with Gasteiger partial charge in [0.2, 0.25) is 0 Å². The van der Waals surface area contributed by atoms with Crippen molar-refractivity contribution in [3.05, 3.63) is 71.8 Å². The fraction of sp³-hybridized carbons (Fsp3) is 0.105. The van der Waals surface area contributed by atoms with Crippen molar-refractivity contribution in [1.29, 1.82) is 0 Å². The summed E-state index contributed by atoms with van der Waals surface area (Å²) in [6, 6.07) is 21.0. The van der Waals surface area contributed by atoms with E-state index < -0.39 is 0 Å². The minimum absolute atomic E-state index is 1.05. The Morgan fingerprint density at radius 1 is 0.850 bits per heavy atom. The summed E-state index contributed by atoms with van der Waals surface area (Å²) in [4.78, 5) is 4.80. The quantitative estimate of drug-likeness (QED) is 0.624. The van der Waals surface area contributed by atoms with Crippen LogP contribution in [0.1, 0.15) is 18.4 Å². The molecule has 0 N–H and O–H groups in total. The lowest BCUT2D eigenvalue weighted by Gasteiger charge is -2.07. The van der Waals surface area contributed by atoms with Crippen LogP contribution in [-0.4, -0.2) is 4.98 Å². The van der Waals surface area contributed by atoms with Crippen LogP contribution in [0.5, 0.6) is 0 Å². The highest BCUT2D eigenvalue weighted by atomic mass is 14.7. The highest BCUT2D eigenvalue weighted by Gasteiger charge is 2.12. The lowest BCUT2D eigenvalue weighted by molar-refractivity contribution is 1.39. The summed E-state index contributed by atoms with van der Waals surface area (Å²) in [5, 5.41) is 1.24. The van der Waals surface area contributed by atoms with E-state index in [4.69, 9.17) is 4.98 Å². The lowest BCUT2D eigenvalue weighted by atomic mass is 10.0. The topological polar surface area (TPSA) is 12.9 Å². The standard InChI is InChI=1S/C19H15N/c1-2-6-15(7-3-1)19-13-16(12-14-10-11-14)17-8-4-5-9-18(17)20-19/h1-9,12-13H,10-11H2. The SMILES string of the molecule is C(=C1CC1)c1cc(-c2ccccc2)nc2ccccc12. The van der Waals surface area contributed by atoms with Gasteiger partial charge in [-0.05, 0) is 30.5 Å². The third-order valence-electron chi connectivity index (χ3n) is 3.72. The Labute approximate surface area is 118 Å². The normalized spacial score (nSPS) is 13.5. The van der Waals surface area contributed by atoms with Crippen LogP contribution < -0.4 is 0 Å². The second-order valence-electron chi connectivity index (χ2n) is 5.28. The molecular formula is C19H15N. The van der Waals surface area contributed by atoms with E-state index in [1.54, 1.807) is 5.57 Å². The van der Waals surface area contributed by atoms with E-state index in [0.717, 1.165) is 11.2 Å². The number of hydrogen-bond donors (Lipinski definition) is 0. The van der Waals surface area contributed by atoms with Crippen molar-refractivity contribution in [3.63, 3.8) is 0 Å². The molecule has 0 spiro atoms. The number of allylic oxidation sites excluding steroid dienone is 1. The molecule has 20 heavy (non-hydrogen) atoms. The maximum Gasteiger partial charge on any atom is 0.0715 e. The maximum atomic E-state index is 4.80. The van der Waals surface area contributed by atoms with Gasteiger partial charge in [0.25, 0.3) is 0 Å². The van der Waals surface area contributed by atoms with Crippen LogP contribution >= 0.6 is 0 Å². The van der Waals surface area contributed by atoms with Gasteiger partial charge in [0, 0.05) is 10.9 Å². The predicted molar refractivity (Wildman–Crippen MR) is 84.4 cm³/mol. The van der Waals surface area contributed by atoms with Gasteiger partial charge in [0.15, 0.2) is 0 Å². The fourth-order valence-electron chi connectivity index (χ4n) is 2.51. The van der Waals surface area contributed by atoms with Crippen LogP contribution in [0, 0.1) is 0 Å². The van der Waals surface area contributed by atoms with Gasteiger partial charge in [-0.1, -0.05) is 60.2 Å². The number of fused-ring (bicyclic) bond motifs is 1. The van der Waals surface area contributed by atoms with Crippen LogP contribution in [0.15, 0.2) is 66.2 Å². The lowest BCUT2D eigenvalue weighted by Crippen LogP contribution is -1.88. The highest BCUT2D eigenvalue weighted by molar-refractivity contribution is 5.91. The van der Waals surface area contributed by atoms with Crippen molar-refractivity contribution in [2.75, 3.05) is 0 Å². The van der Waals surface area contributed by atoms with E-state index in [-0.39, 0.29) is 0 Å². The number of benzene rings is 2. The first-order valence-electron chi connectivity index (χ1n) is 7.05. The summed E-state index contributed by atoms with van der Waals surface area (Å²) < 4.78 is 0. The first kappa shape index (κ1) is 11.4. The predicted octanol–water partition coefficient (Wildman–Crippen LogP) is 5.08. The molecule has 0 amide bonds. The minimum Gasteiger partial charge on any atom is -0.248 e. The number of aromatic nitrogens is 1. The zero-order chi connectivity index (χ0) is 13.4. The second-order valence-corrected chi connectivity index (χ2v) is 5.28. The van der Waals surface area contributed by atoms with E-state index in [0.29, 0.717) is 0 Å². The van der Waals surface area contributed by atoms with E-state index in [2.05, 4.69) is 60.7 Å². The van der Waals surface area contributed by atoms with Crippen molar-refractivity contribution < 1.29 is 0 Å². The Balaban J connectivity index is 1.97. The van der Waals surface area contributed by atoms with Gasteiger partial charge in [-0.3, -0.25) is 0 Å². The molecule has 1 aliphatic rings. The van der Waals surface area contributed by atoms with Crippen molar-refractivity contribution in [2.24, 2.45) is 0 Å². The van der Waals surface area contributed by atoms with Crippen molar-refractivity contribution in [1.82, 2.24) is 4.98 Å². The van der Waals surface area contributed by atoms with Gasteiger partial charge >= 0.3 is 0 Å². The Kier molecular flexibility index (Phi) is 2.63. The summed E-state index contributed by atoms with van der Waals surface area (Å²) in [6.07, 6.45) is 4.82. The first-order chi connectivity index (χ1) is 9.90. The van der Waals surface area contributed by atoms with Gasteiger partial charge in [0.1, 0.15) is 0 Å². The van der Waals surface area contributed by atoms with E-state index >= 15 is 0 Å². The fourth-order valence-corrected chi connectivity index (χ4v) is 2.51. The van der Waals surface area contributed by atoms with Crippen LogP contribution in [0.4, 0.5) is 0 Å². The molecule has 2 aromatic carbocycles. The van der Waals surface area contributed by atoms with Gasteiger partial charge in [-0.2, -0.15) is 0 Å². The smallest absolute Gasteiger partial charge is 0.0715 e. The molecule has 3 aromatic rings. The van der Waals surface area contributed by atoms with Crippen molar-refractivity contribution >= 4 is 17.0 Å². The Bertz CT molecular complexity index is 794. The Morgan fingerprint density at radius 2 is 1.60 bits per heavy atom. The zero-order valence-electron chi connectivity index (χ0n) is 11.2. The van der Waals surface area contributed by atoms with Gasteiger partial charge in [-0.25, -0.2) is 4.98 Å². The third-order valence-corrected chi connectivity index (χ3v) is 3.72. The average molecular weight is 257 g/mol. The van der Waals surface area contributed by atoms with E-state index in [9.17, 15) is 0 Å². The van der Waals surface area contributed by atoms with Crippen molar-refractivity contribution in [3.8, 4) is 11.3 Å². The molecule has 4 rings (SSSR count). The highest BCUT2D eigenvalue weighted by Crippen LogP contribution is 2.33. The van der Waals surface area contributed by atoms with E-state index in [1.807, 2.05) is 6.07 Å². The summed E-state index contributed by atoms with van der Waals surface area (Å²) in [6.45, 7) is 0. The van der Waals surface area contributed by atoms with Crippen molar-refractivity contribution in [2.45, 2.75) is 12.8 Å². The monoisotopic (exact) mass is 257 g/mol. The summed E-state index contributed by atoms with van der Waals surface area (Å²) in [7, 11) is 0. The number of rotatable bonds is 2. The number of hydrogen-bond acceptors (Lipinski definition) is 1. The van der Waals surface area contributed by atoms with Gasteiger partial charge in [0.05, 0.1) is 11.2 Å². The van der Waals surface area contributed by atoms with Gasteiger partial charge in [-0.15, -0.1) is 0 Å². The van der Waals surface area contributed by atoms with Crippen LogP contribution in [0.3, 0.4) is 0 Å². The molecule has 0 bridgehead atoms. The molecule has 1 heterocycles. The number of para-hydroxylation sites is 1. The maximum absolute atomic E-state index is 4.80. The number of pyridine rings is 1. The van der Waals surface area contributed by atoms with Crippen LogP contribution in [-0.2, 0) is 0 Å². The molecule has 1 aromatic heterocycles. The van der Waals surface area contributed by atoms with Gasteiger partial charge < -0.3 is 0 Å². The van der Waals surface area contributed by atoms with Crippen LogP contribution in [0.2, 0.25) is 0 Å². The average Bonchev–Trinajstić information content (AvgIpc) is 3.32. The molecule has 1 saturated carbocycles. The Morgan fingerprint density at radius 3 is 2.40 bits per heavy atom. The molecule has 1 nitrogen and oxygen atoms in total. The molecule has 0 unspecified atom stereocenters. The molecule has 1 aliphatic carbocycles. The molecule has 0 atom stereocenters. The second kappa shape index (κ2) is 4.61. The summed E-state index contributed by atoms with van der Waals surface area (Å²) in [5.74, 6) is 0. The molecule has 0 saturated heterocycles. The minimum atomic E-state index is 1.05. The zero-order valence-corrected chi connectivity index (χ0v) is 11.2. The largest absolute Gasteiger partial charge is 0.248 e. The molecule has 0 radical (unpaired) electrons.